The first-order valence-corrected chi connectivity index (χ1v) is 6.02. The number of nitrogens with one attached hydrogen (secondary N) is 1. The zero-order valence-corrected chi connectivity index (χ0v) is 10.7. The number of aryl methyl sites for hydroxylation is 1. The molecule has 0 aliphatic carbocycles. The second-order valence-corrected chi connectivity index (χ2v) is 4.32. The van der Waals surface area contributed by atoms with Crippen LogP contribution < -0.4 is 0 Å². The number of amides is 1. The van der Waals surface area contributed by atoms with Gasteiger partial charge in [-0.15, -0.1) is 0 Å². The van der Waals surface area contributed by atoms with Gasteiger partial charge in [0.2, 0.25) is 0 Å². The van der Waals surface area contributed by atoms with Gasteiger partial charge in [0.15, 0.2) is 0 Å². The lowest BCUT2D eigenvalue weighted by Crippen LogP contribution is -2.25. The van der Waals surface area contributed by atoms with Crippen LogP contribution in [0.1, 0.15) is 28.4 Å². The van der Waals surface area contributed by atoms with Crippen molar-refractivity contribution in [2.75, 3.05) is 7.05 Å². The normalized spacial score (nSPS) is 10.3. The summed E-state index contributed by atoms with van der Waals surface area (Å²) in [4.78, 5) is 13.9. The quantitative estimate of drug-likeness (QED) is 0.895. The Morgan fingerprint density at radius 1 is 1.28 bits per heavy atom. The van der Waals surface area contributed by atoms with E-state index in [1.54, 1.807) is 24.3 Å². The summed E-state index contributed by atoms with van der Waals surface area (Å²) in [6.45, 7) is 2.66. The van der Waals surface area contributed by atoms with Gasteiger partial charge in [-0.25, -0.2) is 0 Å². The highest BCUT2D eigenvalue weighted by Crippen LogP contribution is 2.09. The smallest absolute Gasteiger partial charge is 0.253 e. The van der Waals surface area contributed by atoms with Gasteiger partial charge in [-0.1, -0.05) is 19.1 Å². The molecule has 0 aliphatic heterocycles. The predicted octanol–water partition coefficient (Wildman–Crippen LogP) is 2.24. The van der Waals surface area contributed by atoms with Crippen molar-refractivity contribution in [3.05, 3.63) is 53.3 Å². The SMILES string of the molecule is CCc1ccc(C(=O)N(C)Cc2cn[nH]c2)cc1. The average Bonchev–Trinajstić information content (AvgIpc) is 2.91. The summed E-state index contributed by atoms with van der Waals surface area (Å²) in [5, 5.41) is 6.61. The van der Waals surface area contributed by atoms with Crippen molar-refractivity contribution < 1.29 is 4.79 Å². The Labute approximate surface area is 107 Å². The first kappa shape index (κ1) is 12.4. The number of aromatic amines is 1. The lowest BCUT2D eigenvalue weighted by Gasteiger charge is -2.16. The fraction of sp³-hybridized carbons (Fsp3) is 0.286. The predicted molar refractivity (Wildman–Crippen MR) is 70.2 cm³/mol. The van der Waals surface area contributed by atoms with Gasteiger partial charge in [-0.05, 0) is 24.1 Å². The van der Waals surface area contributed by atoms with Crippen molar-refractivity contribution in [3.8, 4) is 0 Å². The molecule has 1 N–H and O–H groups in total. The number of nitrogens with zero attached hydrogens (tertiary/aromatic N) is 2. The van der Waals surface area contributed by atoms with Gasteiger partial charge in [-0.3, -0.25) is 9.89 Å². The molecule has 0 radical (unpaired) electrons. The van der Waals surface area contributed by atoms with Gasteiger partial charge in [0.05, 0.1) is 6.20 Å². The van der Waals surface area contributed by atoms with E-state index < -0.39 is 0 Å². The van der Waals surface area contributed by atoms with E-state index in [4.69, 9.17) is 0 Å². The second-order valence-electron chi connectivity index (χ2n) is 4.32. The monoisotopic (exact) mass is 243 g/mol. The molecule has 0 spiro atoms. The van der Waals surface area contributed by atoms with Gasteiger partial charge >= 0.3 is 0 Å². The van der Waals surface area contributed by atoms with Crippen LogP contribution in [0.5, 0.6) is 0 Å². The van der Waals surface area contributed by atoms with Crippen molar-refractivity contribution in [3.63, 3.8) is 0 Å². The number of carbonyl (C=O) groups excluding carboxylic acids is 1. The second kappa shape index (κ2) is 5.49. The van der Waals surface area contributed by atoms with Crippen LogP contribution in [0.4, 0.5) is 0 Å². The van der Waals surface area contributed by atoms with Crippen molar-refractivity contribution >= 4 is 5.91 Å². The van der Waals surface area contributed by atoms with E-state index in [1.807, 2.05) is 24.3 Å². The lowest BCUT2D eigenvalue weighted by atomic mass is 10.1. The third kappa shape index (κ3) is 2.77. The number of H-pyrrole nitrogens is 1. The lowest BCUT2D eigenvalue weighted by molar-refractivity contribution is 0.0785. The van der Waals surface area contributed by atoms with E-state index in [9.17, 15) is 4.79 Å². The molecule has 0 fully saturated rings. The Hall–Kier alpha value is -2.10. The minimum atomic E-state index is 0.0267. The Kier molecular flexibility index (Phi) is 3.77. The first-order valence-electron chi connectivity index (χ1n) is 6.02. The highest BCUT2D eigenvalue weighted by molar-refractivity contribution is 5.94. The summed E-state index contributed by atoms with van der Waals surface area (Å²) >= 11 is 0. The summed E-state index contributed by atoms with van der Waals surface area (Å²) in [5.41, 5.74) is 2.96. The molecule has 1 amide bonds. The van der Waals surface area contributed by atoms with E-state index in [-0.39, 0.29) is 5.91 Å². The molecule has 0 saturated carbocycles. The Morgan fingerprint density at radius 2 is 2.00 bits per heavy atom. The Bertz CT molecular complexity index is 502. The standard InChI is InChI=1S/C14H17N3O/c1-3-11-4-6-13(7-5-11)14(18)17(2)10-12-8-15-16-9-12/h4-9H,3,10H2,1-2H3,(H,15,16). The van der Waals surface area contributed by atoms with Crippen LogP contribution >= 0.6 is 0 Å². The van der Waals surface area contributed by atoms with Crippen LogP contribution in [0, 0.1) is 0 Å². The molecule has 2 aromatic rings. The Morgan fingerprint density at radius 3 is 2.56 bits per heavy atom. The zero-order chi connectivity index (χ0) is 13.0. The van der Waals surface area contributed by atoms with Crippen LogP contribution in [-0.4, -0.2) is 28.1 Å². The molecule has 1 aromatic carbocycles. The number of aromatic nitrogens is 2. The van der Waals surface area contributed by atoms with Crippen molar-refractivity contribution in [1.29, 1.82) is 0 Å². The van der Waals surface area contributed by atoms with Gasteiger partial charge in [0.1, 0.15) is 0 Å². The highest BCUT2D eigenvalue weighted by Gasteiger charge is 2.12. The molecule has 18 heavy (non-hydrogen) atoms. The average molecular weight is 243 g/mol. The largest absolute Gasteiger partial charge is 0.337 e. The van der Waals surface area contributed by atoms with Crippen LogP contribution in [-0.2, 0) is 13.0 Å². The minimum absolute atomic E-state index is 0.0267. The van der Waals surface area contributed by atoms with Crippen LogP contribution in [0.15, 0.2) is 36.7 Å². The maximum absolute atomic E-state index is 12.2. The highest BCUT2D eigenvalue weighted by atomic mass is 16.2. The summed E-state index contributed by atoms with van der Waals surface area (Å²) in [6.07, 6.45) is 4.51. The molecule has 1 heterocycles. The fourth-order valence-electron chi connectivity index (χ4n) is 1.81. The third-order valence-electron chi connectivity index (χ3n) is 2.93. The molecule has 94 valence electrons. The summed E-state index contributed by atoms with van der Waals surface area (Å²) < 4.78 is 0. The van der Waals surface area contributed by atoms with Gasteiger partial charge in [-0.2, -0.15) is 5.10 Å². The van der Waals surface area contributed by atoms with Crippen molar-refractivity contribution in [2.24, 2.45) is 0 Å². The molecular formula is C14H17N3O. The van der Waals surface area contributed by atoms with Crippen molar-refractivity contribution in [2.45, 2.75) is 19.9 Å². The van der Waals surface area contributed by atoms with Crippen molar-refractivity contribution in [1.82, 2.24) is 15.1 Å². The molecule has 0 unspecified atom stereocenters. The number of hydrogen-bond acceptors (Lipinski definition) is 2. The summed E-state index contributed by atoms with van der Waals surface area (Å²) in [6, 6.07) is 7.76. The maximum Gasteiger partial charge on any atom is 0.253 e. The number of rotatable bonds is 4. The van der Waals surface area contributed by atoms with E-state index >= 15 is 0 Å². The van der Waals surface area contributed by atoms with Gasteiger partial charge in [0, 0.05) is 30.9 Å². The van der Waals surface area contributed by atoms with E-state index in [2.05, 4.69) is 17.1 Å². The third-order valence-corrected chi connectivity index (χ3v) is 2.93. The first-order chi connectivity index (χ1) is 8.70. The molecule has 0 saturated heterocycles. The van der Waals surface area contributed by atoms with Crippen LogP contribution in [0.3, 0.4) is 0 Å². The van der Waals surface area contributed by atoms with E-state index in [0.29, 0.717) is 6.54 Å². The van der Waals surface area contributed by atoms with Crippen LogP contribution in [0.25, 0.3) is 0 Å². The Balaban J connectivity index is 2.05. The number of hydrogen-bond donors (Lipinski definition) is 1. The van der Waals surface area contributed by atoms with E-state index in [1.165, 1.54) is 5.56 Å². The maximum atomic E-state index is 12.2. The number of benzene rings is 1. The molecule has 1 aromatic heterocycles. The molecule has 0 aliphatic rings. The minimum Gasteiger partial charge on any atom is -0.337 e. The summed E-state index contributed by atoms with van der Waals surface area (Å²) in [5.74, 6) is 0.0267. The molecule has 4 heteroatoms. The fourth-order valence-corrected chi connectivity index (χ4v) is 1.81. The topological polar surface area (TPSA) is 49.0 Å². The zero-order valence-electron chi connectivity index (χ0n) is 10.7. The molecule has 4 nitrogen and oxygen atoms in total. The molecular weight excluding hydrogens is 226 g/mol. The summed E-state index contributed by atoms with van der Waals surface area (Å²) in [7, 11) is 1.79. The molecule has 0 atom stereocenters. The van der Waals surface area contributed by atoms with E-state index in [0.717, 1.165) is 17.5 Å². The molecule has 2 rings (SSSR count). The van der Waals surface area contributed by atoms with Gasteiger partial charge < -0.3 is 4.90 Å². The molecule has 0 bridgehead atoms. The number of carbonyl (C=O) groups is 1. The van der Waals surface area contributed by atoms with Crippen LogP contribution in [0.2, 0.25) is 0 Å². The van der Waals surface area contributed by atoms with Gasteiger partial charge in [0.25, 0.3) is 5.91 Å².